The van der Waals surface area contributed by atoms with Crippen molar-refractivity contribution in [1.82, 2.24) is 5.32 Å². The van der Waals surface area contributed by atoms with E-state index in [-0.39, 0.29) is 11.4 Å². The molecule has 1 aromatic rings. The predicted molar refractivity (Wildman–Crippen MR) is 76.9 cm³/mol. The van der Waals surface area contributed by atoms with Crippen molar-refractivity contribution in [3.63, 3.8) is 0 Å². The minimum absolute atomic E-state index is 0.0201. The Morgan fingerprint density at radius 1 is 1.56 bits per heavy atom. The van der Waals surface area contributed by atoms with Gasteiger partial charge in [-0.1, -0.05) is 13.8 Å². The van der Waals surface area contributed by atoms with Gasteiger partial charge in [-0.3, -0.25) is 4.79 Å². The summed E-state index contributed by atoms with van der Waals surface area (Å²) in [4.78, 5) is 12.0. The van der Waals surface area contributed by atoms with Crippen LogP contribution in [0, 0.1) is 2.88 Å². The SMILES string of the molecule is CCC(CC)(CN)NC(=O)c1csc(I)c1. The third-order valence-corrected chi connectivity index (χ3v) is 4.74. The summed E-state index contributed by atoms with van der Waals surface area (Å²) in [6.45, 7) is 4.58. The Kier molecular flexibility index (Phi) is 5.20. The van der Waals surface area contributed by atoms with Gasteiger partial charge in [0.1, 0.15) is 0 Å². The van der Waals surface area contributed by atoms with Crippen LogP contribution in [0.15, 0.2) is 11.4 Å². The predicted octanol–water partition coefficient (Wildman–Crippen LogP) is 2.60. The Balaban J connectivity index is 2.76. The maximum absolute atomic E-state index is 12.0. The molecule has 0 aliphatic carbocycles. The minimum Gasteiger partial charge on any atom is -0.345 e. The molecular formula is C11H17IN2OS. The van der Waals surface area contributed by atoms with Gasteiger partial charge in [0.25, 0.3) is 5.91 Å². The van der Waals surface area contributed by atoms with Gasteiger partial charge in [-0.05, 0) is 41.5 Å². The van der Waals surface area contributed by atoms with E-state index in [1.54, 1.807) is 11.3 Å². The van der Waals surface area contributed by atoms with Crippen LogP contribution >= 0.6 is 33.9 Å². The highest BCUT2D eigenvalue weighted by molar-refractivity contribution is 14.1. The van der Waals surface area contributed by atoms with Gasteiger partial charge < -0.3 is 11.1 Å². The molecule has 1 aromatic heterocycles. The van der Waals surface area contributed by atoms with Crippen molar-refractivity contribution in [2.24, 2.45) is 5.73 Å². The lowest BCUT2D eigenvalue weighted by molar-refractivity contribution is 0.0895. The zero-order valence-electron chi connectivity index (χ0n) is 9.55. The zero-order valence-corrected chi connectivity index (χ0v) is 12.5. The number of nitrogens with two attached hydrogens (primary N) is 1. The van der Waals surface area contributed by atoms with Crippen LogP contribution in [0.5, 0.6) is 0 Å². The molecule has 1 rings (SSSR count). The molecule has 0 saturated heterocycles. The lowest BCUT2D eigenvalue weighted by atomic mass is 9.92. The van der Waals surface area contributed by atoms with E-state index >= 15 is 0 Å². The van der Waals surface area contributed by atoms with Crippen molar-refractivity contribution < 1.29 is 4.79 Å². The van der Waals surface area contributed by atoms with Crippen LogP contribution in [0.2, 0.25) is 0 Å². The van der Waals surface area contributed by atoms with E-state index in [0.29, 0.717) is 6.54 Å². The second-order valence-electron chi connectivity index (χ2n) is 3.79. The van der Waals surface area contributed by atoms with E-state index in [0.717, 1.165) is 21.3 Å². The molecular weight excluding hydrogens is 335 g/mol. The highest BCUT2D eigenvalue weighted by Crippen LogP contribution is 2.19. The highest BCUT2D eigenvalue weighted by Gasteiger charge is 2.26. The first-order valence-electron chi connectivity index (χ1n) is 5.33. The number of rotatable bonds is 5. The Morgan fingerprint density at radius 2 is 2.19 bits per heavy atom. The first kappa shape index (κ1) is 13.9. The maximum Gasteiger partial charge on any atom is 0.252 e. The summed E-state index contributed by atoms with van der Waals surface area (Å²) in [6.07, 6.45) is 1.71. The van der Waals surface area contributed by atoms with Crippen LogP contribution in [-0.4, -0.2) is 18.0 Å². The van der Waals surface area contributed by atoms with Gasteiger partial charge in [0.15, 0.2) is 0 Å². The standard InChI is InChI=1S/C11H17IN2OS/c1-3-11(4-2,7-13)14-10(15)8-5-9(12)16-6-8/h5-6H,3-4,7,13H2,1-2H3,(H,14,15). The summed E-state index contributed by atoms with van der Waals surface area (Å²) in [5, 5.41) is 4.93. The number of halogens is 1. The molecule has 0 atom stereocenters. The zero-order chi connectivity index (χ0) is 12.2. The Morgan fingerprint density at radius 3 is 2.56 bits per heavy atom. The monoisotopic (exact) mass is 352 g/mol. The molecule has 0 aromatic carbocycles. The average molecular weight is 352 g/mol. The molecule has 5 heteroatoms. The average Bonchev–Trinajstić information content (AvgIpc) is 2.73. The quantitative estimate of drug-likeness (QED) is 0.801. The lowest BCUT2D eigenvalue weighted by Crippen LogP contribution is -2.52. The number of nitrogens with one attached hydrogen (secondary N) is 1. The second kappa shape index (κ2) is 5.97. The largest absolute Gasteiger partial charge is 0.345 e. The fraction of sp³-hybridized carbons (Fsp3) is 0.545. The number of thiophene rings is 1. The first-order valence-corrected chi connectivity index (χ1v) is 7.29. The van der Waals surface area contributed by atoms with Crippen LogP contribution in [-0.2, 0) is 0 Å². The van der Waals surface area contributed by atoms with Crippen molar-refractivity contribution >= 4 is 39.8 Å². The fourth-order valence-electron chi connectivity index (χ4n) is 1.51. The first-order chi connectivity index (χ1) is 7.56. The molecule has 0 spiro atoms. The molecule has 16 heavy (non-hydrogen) atoms. The van der Waals surface area contributed by atoms with Crippen molar-refractivity contribution in [2.45, 2.75) is 32.2 Å². The van der Waals surface area contributed by atoms with Crippen LogP contribution < -0.4 is 11.1 Å². The summed E-state index contributed by atoms with van der Waals surface area (Å²) in [6, 6.07) is 1.90. The molecule has 0 saturated carbocycles. The molecule has 0 bridgehead atoms. The second-order valence-corrected chi connectivity index (χ2v) is 6.59. The van der Waals surface area contributed by atoms with Gasteiger partial charge in [-0.15, -0.1) is 11.3 Å². The maximum atomic E-state index is 12.0. The molecule has 0 radical (unpaired) electrons. The van der Waals surface area contributed by atoms with E-state index in [1.807, 2.05) is 25.3 Å². The number of hydrogen-bond donors (Lipinski definition) is 2. The molecule has 0 fully saturated rings. The van der Waals surface area contributed by atoms with Crippen molar-refractivity contribution in [2.75, 3.05) is 6.54 Å². The number of amides is 1. The molecule has 3 nitrogen and oxygen atoms in total. The van der Waals surface area contributed by atoms with Gasteiger partial charge in [0, 0.05) is 11.9 Å². The fourth-order valence-corrected chi connectivity index (χ4v) is 2.84. The van der Waals surface area contributed by atoms with Crippen molar-refractivity contribution in [3.05, 3.63) is 19.9 Å². The van der Waals surface area contributed by atoms with Gasteiger partial charge in [0.2, 0.25) is 0 Å². The molecule has 0 aliphatic rings. The molecule has 90 valence electrons. The van der Waals surface area contributed by atoms with Gasteiger partial charge in [0.05, 0.1) is 14.0 Å². The lowest BCUT2D eigenvalue weighted by Gasteiger charge is -2.31. The van der Waals surface area contributed by atoms with Crippen LogP contribution in [0.25, 0.3) is 0 Å². The van der Waals surface area contributed by atoms with E-state index in [9.17, 15) is 4.79 Å². The Hall–Kier alpha value is -0.140. The Labute approximate surface area is 114 Å². The van der Waals surface area contributed by atoms with Gasteiger partial charge >= 0.3 is 0 Å². The molecule has 1 amide bonds. The van der Waals surface area contributed by atoms with Gasteiger partial charge in [-0.25, -0.2) is 0 Å². The van der Waals surface area contributed by atoms with E-state index < -0.39 is 0 Å². The minimum atomic E-state index is -0.259. The van der Waals surface area contributed by atoms with Crippen LogP contribution in [0.4, 0.5) is 0 Å². The summed E-state index contributed by atoms with van der Waals surface area (Å²) >= 11 is 3.79. The number of carbonyl (C=O) groups excluding carboxylic acids is 1. The van der Waals surface area contributed by atoms with E-state index in [2.05, 4.69) is 27.9 Å². The van der Waals surface area contributed by atoms with E-state index in [1.165, 1.54) is 0 Å². The van der Waals surface area contributed by atoms with E-state index in [4.69, 9.17) is 5.73 Å². The summed E-state index contributed by atoms with van der Waals surface area (Å²) in [5.41, 5.74) is 6.22. The number of hydrogen-bond acceptors (Lipinski definition) is 3. The summed E-state index contributed by atoms with van der Waals surface area (Å²) in [5.74, 6) is -0.0201. The third-order valence-electron chi connectivity index (χ3n) is 2.95. The van der Waals surface area contributed by atoms with Crippen molar-refractivity contribution in [1.29, 1.82) is 0 Å². The summed E-state index contributed by atoms with van der Waals surface area (Å²) < 4.78 is 1.12. The van der Waals surface area contributed by atoms with Crippen LogP contribution in [0.1, 0.15) is 37.0 Å². The third kappa shape index (κ3) is 3.18. The topological polar surface area (TPSA) is 55.1 Å². The highest BCUT2D eigenvalue weighted by atomic mass is 127. The number of carbonyl (C=O) groups is 1. The smallest absolute Gasteiger partial charge is 0.252 e. The molecule has 0 aliphatic heterocycles. The van der Waals surface area contributed by atoms with Gasteiger partial charge in [-0.2, -0.15) is 0 Å². The molecule has 3 N–H and O–H groups in total. The summed E-state index contributed by atoms with van der Waals surface area (Å²) in [7, 11) is 0. The Bertz CT molecular complexity index is 352. The molecule has 0 unspecified atom stereocenters. The van der Waals surface area contributed by atoms with Crippen molar-refractivity contribution in [3.8, 4) is 0 Å². The molecule has 1 heterocycles. The van der Waals surface area contributed by atoms with Crippen LogP contribution in [0.3, 0.4) is 0 Å². The normalized spacial score (nSPS) is 11.5.